The maximum atomic E-state index is 12.8. The molecule has 120 valence electrons. The molecule has 1 heterocycles. The van der Waals surface area contributed by atoms with Crippen molar-refractivity contribution in [3.8, 4) is 0 Å². The van der Waals surface area contributed by atoms with Crippen molar-refractivity contribution in [3.05, 3.63) is 90.1 Å². The van der Waals surface area contributed by atoms with E-state index in [0.29, 0.717) is 0 Å². The zero-order valence-electron chi connectivity index (χ0n) is 13.3. The van der Waals surface area contributed by atoms with E-state index in [2.05, 4.69) is 10.3 Å². The Morgan fingerprint density at radius 3 is 2.33 bits per heavy atom. The topological polar surface area (TPSA) is 42.0 Å². The molecule has 1 aromatic heterocycles. The zero-order valence-corrected chi connectivity index (χ0v) is 14.2. The summed E-state index contributed by atoms with van der Waals surface area (Å²) < 4.78 is 0. The van der Waals surface area contributed by atoms with Crippen molar-refractivity contribution in [3.63, 3.8) is 0 Å². The van der Waals surface area contributed by atoms with Gasteiger partial charge < -0.3 is 5.32 Å². The van der Waals surface area contributed by atoms with Gasteiger partial charge in [0.25, 0.3) is 0 Å². The van der Waals surface area contributed by atoms with E-state index in [1.165, 1.54) is 11.8 Å². The van der Waals surface area contributed by atoms with E-state index in [-0.39, 0.29) is 11.2 Å². The summed E-state index contributed by atoms with van der Waals surface area (Å²) in [6.45, 7) is 2.02. The highest BCUT2D eigenvalue weighted by Gasteiger charge is 2.22. The van der Waals surface area contributed by atoms with Gasteiger partial charge in [-0.25, -0.2) is 4.98 Å². The van der Waals surface area contributed by atoms with Crippen LogP contribution in [0.5, 0.6) is 0 Å². The smallest absolute Gasteiger partial charge is 0.242 e. The maximum Gasteiger partial charge on any atom is 0.242 e. The second-order valence-corrected chi connectivity index (χ2v) is 6.56. The van der Waals surface area contributed by atoms with Crippen LogP contribution in [0.1, 0.15) is 16.4 Å². The van der Waals surface area contributed by atoms with Crippen LogP contribution in [0.15, 0.2) is 84.0 Å². The molecule has 0 aliphatic carbocycles. The summed E-state index contributed by atoms with van der Waals surface area (Å²) in [5.41, 5.74) is 2.92. The van der Waals surface area contributed by atoms with E-state index in [1.54, 1.807) is 6.20 Å². The van der Waals surface area contributed by atoms with Gasteiger partial charge in [-0.3, -0.25) is 4.79 Å². The Hall–Kier alpha value is -2.59. The van der Waals surface area contributed by atoms with Crippen LogP contribution in [0.25, 0.3) is 0 Å². The van der Waals surface area contributed by atoms with Crippen LogP contribution >= 0.6 is 11.8 Å². The van der Waals surface area contributed by atoms with E-state index >= 15 is 0 Å². The molecule has 0 saturated heterocycles. The fraction of sp³-hybridized carbons (Fsp3) is 0.100. The first-order valence-corrected chi connectivity index (χ1v) is 8.60. The average Bonchev–Trinajstić information content (AvgIpc) is 2.63. The van der Waals surface area contributed by atoms with Crippen LogP contribution in [0, 0.1) is 6.92 Å². The lowest BCUT2D eigenvalue weighted by molar-refractivity contribution is -0.115. The molecule has 3 rings (SSSR count). The Kier molecular flexibility index (Phi) is 5.29. The number of benzene rings is 2. The summed E-state index contributed by atoms with van der Waals surface area (Å²) >= 11 is 1.45. The van der Waals surface area contributed by atoms with Crippen molar-refractivity contribution in [2.24, 2.45) is 0 Å². The molecule has 2 aromatic carbocycles. The third-order valence-corrected chi connectivity index (χ3v) is 4.74. The summed E-state index contributed by atoms with van der Waals surface area (Å²) in [7, 11) is 0. The summed E-state index contributed by atoms with van der Waals surface area (Å²) in [6, 6.07) is 23.3. The second kappa shape index (κ2) is 7.79. The van der Waals surface area contributed by atoms with Crippen molar-refractivity contribution >= 4 is 23.4 Å². The highest BCUT2D eigenvalue weighted by molar-refractivity contribution is 8.00. The number of nitrogens with zero attached hydrogens (tertiary/aromatic N) is 1. The number of nitrogens with one attached hydrogen (secondary N) is 1. The first-order chi connectivity index (χ1) is 11.7. The van der Waals surface area contributed by atoms with Gasteiger partial charge in [0.05, 0.1) is 5.03 Å². The molecule has 0 bridgehead atoms. The fourth-order valence-corrected chi connectivity index (χ4v) is 3.26. The van der Waals surface area contributed by atoms with E-state index in [4.69, 9.17) is 0 Å². The van der Waals surface area contributed by atoms with Crippen LogP contribution in [0.4, 0.5) is 5.69 Å². The number of thioether (sulfide) groups is 1. The standard InChI is InChI=1S/C20H18N2OS/c1-15-10-12-17(13-11-15)22-20(23)19(16-7-3-2-4-8-16)24-18-9-5-6-14-21-18/h2-14,19H,1H3,(H,22,23)/t19-/m0/s1. The van der Waals surface area contributed by atoms with E-state index in [1.807, 2.05) is 79.7 Å². The predicted octanol–water partition coefficient (Wildman–Crippen LogP) is 4.86. The monoisotopic (exact) mass is 334 g/mol. The molecule has 0 radical (unpaired) electrons. The third kappa shape index (κ3) is 4.24. The number of carbonyl (C=O) groups excluding carboxylic acids is 1. The Morgan fingerprint density at radius 2 is 1.67 bits per heavy atom. The Morgan fingerprint density at radius 1 is 0.958 bits per heavy atom. The molecule has 24 heavy (non-hydrogen) atoms. The van der Waals surface area contributed by atoms with Crippen molar-refractivity contribution in [1.29, 1.82) is 0 Å². The molecule has 0 spiro atoms. The quantitative estimate of drug-likeness (QED) is 0.677. The first-order valence-electron chi connectivity index (χ1n) is 7.72. The molecule has 0 fully saturated rings. The van der Waals surface area contributed by atoms with Gasteiger partial charge in [-0.05, 0) is 36.8 Å². The summed E-state index contributed by atoms with van der Waals surface area (Å²) in [5.74, 6) is -0.0549. The van der Waals surface area contributed by atoms with Gasteiger partial charge >= 0.3 is 0 Å². The van der Waals surface area contributed by atoms with E-state index in [0.717, 1.165) is 21.8 Å². The fourth-order valence-electron chi connectivity index (χ4n) is 2.28. The summed E-state index contributed by atoms with van der Waals surface area (Å²) in [4.78, 5) is 17.2. The second-order valence-electron chi connectivity index (χ2n) is 5.43. The van der Waals surface area contributed by atoms with Crippen LogP contribution < -0.4 is 5.32 Å². The number of carbonyl (C=O) groups is 1. The minimum absolute atomic E-state index is 0.0549. The number of amides is 1. The average molecular weight is 334 g/mol. The Bertz CT molecular complexity index is 789. The Balaban J connectivity index is 1.83. The number of hydrogen-bond donors (Lipinski definition) is 1. The van der Waals surface area contributed by atoms with Crippen molar-refractivity contribution < 1.29 is 4.79 Å². The molecule has 1 N–H and O–H groups in total. The number of pyridine rings is 1. The van der Waals surface area contributed by atoms with Gasteiger partial charge in [-0.2, -0.15) is 0 Å². The highest BCUT2D eigenvalue weighted by atomic mass is 32.2. The minimum Gasteiger partial charge on any atom is -0.325 e. The van der Waals surface area contributed by atoms with Gasteiger partial charge in [0.15, 0.2) is 0 Å². The molecule has 0 saturated carbocycles. The largest absolute Gasteiger partial charge is 0.325 e. The lowest BCUT2D eigenvalue weighted by Crippen LogP contribution is -2.19. The SMILES string of the molecule is Cc1ccc(NC(=O)[C@@H](Sc2ccccn2)c2ccccc2)cc1. The lowest BCUT2D eigenvalue weighted by atomic mass is 10.1. The molecule has 0 aliphatic rings. The Labute approximate surface area is 146 Å². The van der Waals surface area contributed by atoms with Gasteiger partial charge in [-0.15, -0.1) is 0 Å². The molecule has 1 atom stereocenters. The van der Waals surface area contributed by atoms with Gasteiger partial charge in [-0.1, -0.05) is 65.9 Å². The van der Waals surface area contributed by atoms with Crippen LogP contribution in [0.2, 0.25) is 0 Å². The summed E-state index contributed by atoms with van der Waals surface area (Å²) in [6.07, 6.45) is 1.74. The number of rotatable bonds is 5. The van der Waals surface area contributed by atoms with Gasteiger partial charge in [0.1, 0.15) is 5.25 Å². The number of aryl methyl sites for hydroxylation is 1. The van der Waals surface area contributed by atoms with Crippen molar-refractivity contribution in [2.75, 3.05) is 5.32 Å². The predicted molar refractivity (Wildman–Crippen MR) is 99.1 cm³/mol. The zero-order chi connectivity index (χ0) is 16.8. The van der Waals surface area contributed by atoms with Crippen LogP contribution in [-0.2, 0) is 4.79 Å². The van der Waals surface area contributed by atoms with Crippen molar-refractivity contribution in [2.45, 2.75) is 17.2 Å². The normalized spacial score (nSPS) is 11.7. The molecule has 1 amide bonds. The molecule has 3 aromatic rings. The molecular weight excluding hydrogens is 316 g/mol. The number of hydrogen-bond acceptors (Lipinski definition) is 3. The third-order valence-electron chi connectivity index (χ3n) is 3.54. The van der Waals surface area contributed by atoms with Crippen molar-refractivity contribution in [1.82, 2.24) is 4.98 Å². The lowest BCUT2D eigenvalue weighted by Gasteiger charge is -2.16. The van der Waals surface area contributed by atoms with Crippen LogP contribution in [0.3, 0.4) is 0 Å². The van der Waals surface area contributed by atoms with Gasteiger partial charge in [0.2, 0.25) is 5.91 Å². The van der Waals surface area contributed by atoms with Gasteiger partial charge in [0, 0.05) is 11.9 Å². The number of anilines is 1. The minimum atomic E-state index is -0.359. The van der Waals surface area contributed by atoms with Crippen LogP contribution in [-0.4, -0.2) is 10.9 Å². The highest BCUT2D eigenvalue weighted by Crippen LogP contribution is 2.35. The maximum absolute atomic E-state index is 12.8. The molecule has 0 aliphatic heterocycles. The molecular formula is C20H18N2OS. The first kappa shape index (κ1) is 16.3. The van der Waals surface area contributed by atoms with E-state index in [9.17, 15) is 4.79 Å². The van der Waals surface area contributed by atoms with E-state index < -0.39 is 0 Å². The summed E-state index contributed by atoms with van der Waals surface area (Å²) in [5, 5.41) is 3.47. The molecule has 0 unspecified atom stereocenters. The molecule has 3 nitrogen and oxygen atoms in total. The number of aromatic nitrogens is 1. The molecule has 4 heteroatoms.